The maximum absolute atomic E-state index is 11.0. The van der Waals surface area contributed by atoms with Crippen molar-refractivity contribution in [3.8, 4) is 0 Å². The van der Waals surface area contributed by atoms with Crippen molar-refractivity contribution in [1.82, 2.24) is 5.32 Å². The van der Waals surface area contributed by atoms with Crippen molar-refractivity contribution < 1.29 is 4.92 Å². The number of nitrogens with zero attached hydrogens (tertiary/aromatic N) is 1. The molecule has 0 saturated heterocycles. The van der Waals surface area contributed by atoms with Gasteiger partial charge in [-0.3, -0.25) is 10.1 Å². The topological polar surface area (TPSA) is 67.2 Å². The summed E-state index contributed by atoms with van der Waals surface area (Å²) in [5.41, 5.74) is 1.42. The highest BCUT2D eigenvalue weighted by atomic mass is 32.1. The highest BCUT2D eigenvalue weighted by molar-refractivity contribution is 7.80. The van der Waals surface area contributed by atoms with E-state index in [-0.39, 0.29) is 10.6 Å². The minimum absolute atomic E-state index is 0.114. The average molecular weight is 305 g/mol. The Hall–Kier alpha value is -1.69. The fraction of sp³-hybridized carbons (Fsp3) is 0.533. The SMILES string of the molecule is Cc1ccc(NC(=S)N[C@@H]2C[C@H]3CC[C@@H]2C3)cc1[N+](=O)[O-]. The lowest BCUT2D eigenvalue weighted by atomic mass is 9.96. The van der Waals surface area contributed by atoms with Crippen molar-refractivity contribution in [3.63, 3.8) is 0 Å². The molecule has 5 nitrogen and oxygen atoms in total. The third-order valence-electron chi connectivity index (χ3n) is 4.72. The van der Waals surface area contributed by atoms with Crippen LogP contribution in [0.3, 0.4) is 0 Å². The summed E-state index contributed by atoms with van der Waals surface area (Å²) in [5.74, 6) is 1.60. The van der Waals surface area contributed by atoms with Crippen molar-refractivity contribution in [1.29, 1.82) is 0 Å². The molecule has 0 aromatic heterocycles. The molecule has 6 heteroatoms. The summed E-state index contributed by atoms with van der Waals surface area (Å²) in [5, 5.41) is 18.0. The van der Waals surface area contributed by atoms with Crippen LogP contribution in [0.25, 0.3) is 0 Å². The standard InChI is InChI=1S/C15H19N3O2S/c1-9-2-5-12(8-14(9)18(19)20)16-15(21)17-13-7-10-3-4-11(13)6-10/h2,5,8,10-11,13H,3-4,6-7H2,1H3,(H2,16,17,21)/t10-,11+,13+/m0/s1. The first-order valence-electron chi connectivity index (χ1n) is 7.35. The van der Waals surface area contributed by atoms with E-state index in [2.05, 4.69) is 10.6 Å². The molecule has 0 spiro atoms. The minimum atomic E-state index is -0.368. The number of rotatable bonds is 3. The van der Waals surface area contributed by atoms with Crippen molar-refractivity contribution in [2.24, 2.45) is 11.8 Å². The van der Waals surface area contributed by atoms with Crippen molar-refractivity contribution in [3.05, 3.63) is 33.9 Å². The van der Waals surface area contributed by atoms with Gasteiger partial charge in [-0.25, -0.2) is 0 Å². The van der Waals surface area contributed by atoms with E-state index in [0.717, 1.165) is 11.8 Å². The Kier molecular flexibility index (Phi) is 3.80. The van der Waals surface area contributed by atoms with Gasteiger partial charge >= 0.3 is 0 Å². The van der Waals surface area contributed by atoms with Crippen molar-refractivity contribution in [2.75, 3.05) is 5.32 Å². The van der Waals surface area contributed by atoms with E-state index in [1.165, 1.54) is 31.7 Å². The Labute approximate surface area is 129 Å². The van der Waals surface area contributed by atoms with Crippen LogP contribution in [0, 0.1) is 28.9 Å². The summed E-state index contributed by atoms with van der Waals surface area (Å²) < 4.78 is 0. The number of aryl methyl sites for hydroxylation is 1. The van der Waals surface area contributed by atoms with E-state index in [4.69, 9.17) is 12.2 Å². The molecular formula is C15H19N3O2S. The number of hydrogen-bond donors (Lipinski definition) is 2. The smallest absolute Gasteiger partial charge is 0.274 e. The normalized spacial score (nSPS) is 26.6. The molecule has 0 heterocycles. The number of nitro groups is 1. The lowest BCUT2D eigenvalue weighted by Crippen LogP contribution is -2.40. The first-order chi connectivity index (χ1) is 10.0. The summed E-state index contributed by atoms with van der Waals surface area (Å²) in [7, 11) is 0. The first kappa shape index (κ1) is 14.3. The van der Waals surface area contributed by atoms with Crippen molar-refractivity contribution in [2.45, 2.75) is 38.6 Å². The quantitative estimate of drug-likeness (QED) is 0.509. The van der Waals surface area contributed by atoms with E-state index >= 15 is 0 Å². The van der Waals surface area contributed by atoms with Gasteiger partial charge in [0.05, 0.1) is 4.92 Å². The highest BCUT2D eigenvalue weighted by Crippen LogP contribution is 2.44. The van der Waals surface area contributed by atoms with Crippen LogP contribution in [0.2, 0.25) is 0 Å². The predicted octanol–water partition coefficient (Wildman–Crippen LogP) is 3.38. The maximum Gasteiger partial charge on any atom is 0.274 e. The van der Waals surface area contributed by atoms with Gasteiger partial charge in [-0.2, -0.15) is 0 Å². The summed E-state index contributed by atoms with van der Waals surface area (Å²) in [4.78, 5) is 10.6. The van der Waals surface area contributed by atoms with Gasteiger partial charge in [-0.05, 0) is 56.3 Å². The van der Waals surface area contributed by atoms with Gasteiger partial charge < -0.3 is 10.6 Å². The average Bonchev–Trinajstić information content (AvgIpc) is 3.03. The van der Waals surface area contributed by atoms with Crippen LogP contribution in [-0.4, -0.2) is 16.1 Å². The summed E-state index contributed by atoms with van der Waals surface area (Å²) in [6, 6.07) is 5.55. The Morgan fingerprint density at radius 2 is 2.19 bits per heavy atom. The molecule has 2 aliphatic rings. The van der Waals surface area contributed by atoms with Crippen LogP contribution in [0.15, 0.2) is 18.2 Å². The Morgan fingerprint density at radius 3 is 2.81 bits per heavy atom. The van der Waals surface area contributed by atoms with E-state index in [1.54, 1.807) is 13.0 Å². The van der Waals surface area contributed by atoms with Crippen LogP contribution in [0.1, 0.15) is 31.2 Å². The lowest BCUT2D eigenvalue weighted by molar-refractivity contribution is -0.385. The molecule has 2 saturated carbocycles. The molecule has 2 bridgehead atoms. The van der Waals surface area contributed by atoms with E-state index in [1.807, 2.05) is 6.07 Å². The van der Waals surface area contributed by atoms with E-state index < -0.39 is 0 Å². The van der Waals surface area contributed by atoms with Gasteiger partial charge in [-0.1, -0.05) is 12.5 Å². The zero-order chi connectivity index (χ0) is 15.0. The lowest BCUT2D eigenvalue weighted by Gasteiger charge is -2.24. The van der Waals surface area contributed by atoms with Crippen LogP contribution < -0.4 is 10.6 Å². The summed E-state index contributed by atoms with van der Waals surface area (Å²) >= 11 is 5.34. The fourth-order valence-corrected chi connectivity index (χ4v) is 3.91. The van der Waals surface area contributed by atoms with Gasteiger partial charge in [0.25, 0.3) is 5.69 Å². The van der Waals surface area contributed by atoms with Crippen LogP contribution in [0.5, 0.6) is 0 Å². The number of anilines is 1. The van der Waals surface area contributed by atoms with E-state index in [0.29, 0.717) is 22.4 Å². The zero-order valence-corrected chi connectivity index (χ0v) is 12.8. The minimum Gasteiger partial charge on any atom is -0.359 e. The second kappa shape index (κ2) is 5.60. The number of hydrogen-bond acceptors (Lipinski definition) is 3. The van der Waals surface area contributed by atoms with Gasteiger partial charge in [-0.15, -0.1) is 0 Å². The third kappa shape index (κ3) is 3.00. The van der Waals surface area contributed by atoms with Crippen LogP contribution in [0.4, 0.5) is 11.4 Å². The van der Waals surface area contributed by atoms with Gasteiger partial charge in [0, 0.05) is 23.4 Å². The zero-order valence-electron chi connectivity index (χ0n) is 12.0. The summed E-state index contributed by atoms with van der Waals surface area (Å²) in [6.07, 6.45) is 5.16. The molecule has 2 N–H and O–H groups in total. The molecule has 3 atom stereocenters. The Balaban J connectivity index is 1.62. The molecular weight excluding hydrogens is 286 g/mol. The second-order valence-electron chi connectivity index (χ2n) is 6.14. The number of benzene rings is 1. The molecule has 21 heavy (non-hydrogen) atoms. The molecule has 112 valence electrons. The largest absolute Gasteiger partial charge is 0.359 e. The molecule has 1 aromatic rings. The number of fused-ring (bicyclic) bond motifs is 2. The maximum atomic E-state index is 11.0. The monoisotopic (exact) mass is 305 g/mol. The van der Waals surface area contributed by atoms with Gasteiger partial charge in [0.1, 0.15) is 0 Å². The number of nitro benzene ring substituents is 1. The molecule has 2 aliphatic carbocycles. The Bertz CT molecular complexity index is 590. The fourth-order valence-electron chi connectivity index (χ4n) is 3.64. The molecule has 2 fully saturated rings. The molecule has 3 rings (SSSR count). The second-order valence-corrected chi connectivity index (χ2v) is 6.55. The molecule has 0 amide bonds. The van der Waals surface area contributed by atoms with Gasteiger partial charge in [0.2, 0.25) is 0 Å². The number of nitrogens with one attached hydrogen (secondary N) is 2. The van der Waals surface area contributed by atoms with Crippen molar-refractivity contribution >= 4 is 28.7 Å². The molecule has 0 unspecified atom stereocenters. The summed E-state index contributed by atoms with van der Waals surface area (Å²) in [6.45, 7) is 1.73. The van der Waals surface area contributed by atoms with E-state index in [9.17, 15) is 10.1 Å². The predicted molar refractivity (Wildman–Crippen MR) is 86.4 cm³/mol. The number of thiocarbonyl (C=S) groups is 1. The first-order valence-corrected chi connectivity index (χ1v) is 7.76. The Morgan fingerprint density at radius 1 is 1.38 bits per heavy atom. The van der Waals surface area contributed by atoms with Crippen LogP contribution >= 0.6 is 12.2 Å². The van der Waals surface area contributed by atoms with Gasteiger partial charge in [0.15, 0.2) is 5.11 Å². The molecule has 0 aliphatic heterocycles. The third-order valence-corrected chi connectivity index (χ3v) is 4.94. The highest BCUT2D eigenvalue weighted by Gasteiger charge is 2.39. The van der Waals surface area contributed by atoms with Crippen LogP contribution in [-0.2, 0) is 0 Å². The molecule has 0 radical (unpaired) electrons. The molecule has 1 aromatic carbocycles.